The van der Waals surface area contributed by atoms with Gasteiger partial charge in [0.15, 0.2) is 5.82 Å². The van der Waals surface area contributed by atoms with E-state index in [0.29, 0.717) is 16.8 Å². The van der Waals surface area contributed by atoms with Gasteiger partial charge in [-0.2, -0.15) is 4.68 Å². The molecule has 0 unspecified atom stereocenters. The average molecular weight is 340 g/mol. The Kier molecular flexibility index (Phi) is 3.59. The Hall–Kier alpha value is -2.99. The Morgan fingerprint density at radius 2 is 1.62 bits per heavy atom. The van der Waals surface area contributed by atoms with Crippen LogP contribution >= 0.6 is 11.6 Å². The molecular formula is C17H11ClFN5. The van der Waals surface area contributed by atoms with Crippen LogP contribution in [0.3, 0.4) is 0 Å². The van der Waals surface area contributed by atoms with E-state index in [4.69, 9.17) is 11.6 Å². The first-order valence-electron chi connectivity index (χ1n) is 7.19. The Labute approximate surface area is 142 Å². The highest BCUT2D eigenvalue weighted by molar-refractivity contribution is 6.30. The zero-order valence-corrected chi connectivity index (χ0v) is 13.1. The number of hydrogen-bond donors (Lipinski definition) is 1. The number of allylic oxidation sites excluding steroid dienone is 1. The zero-order chi connectivity index (χ0) is 16.5. The fourth-order valence-electron chi connectivity index (χ4n) is 2.37. The smallest absolute Gasteiger partial charge is 0.270 e. The van der Waals surface area contributed by atoms with Gasteiger partial charge in [0.05, 0.1) is 5.70 Å². The molecule has 7 heteroatoms. The monoisotopic (exact) mass is 339 g/mol. The number of hydrogen-bond acceptors (Lipinski definition) is 4. The number of fused-ring (bicyclic) bond motifs is 1. The molecule has 1 aliphatic heterocycles. The highest BCUT2D eigenvalue weighted by Gasteiger charge is 2.16. The maximum Gasteiger partial charge on any atom is 0.270 e. The van der Waals surface area contributed by atoms with Crippen molar-refractivity contribution in [3.05, 3.63) is 71.0 Å². The van der Waals surface area contributed by atoms with Crippen molar-refractivity contribution >= 4 is 29.5 Å². The first-order valence-corrected chi connectivity index (χ1v) is 7.57. The molecule has 2 heterocycles. The molecule has 1 aromatic heterocycles. The van der Waals surface area contributed by atoms with Crippen molar-refractivity contribution in [3.63, 3.8) is 0 Å². The van der Waals surface area contributed by atoms with Crippen molar-refractivity contribution in [2.45, 2.75) is 0 Å². The summed E-state index contributed by atoms with van der Waals surface area (Å²) in [4.78, 5) is 4.27. The van der Waals surface area contributed by atoms with Gasteiger partial charge in [0.25, 0.3) is 5.95 Å². The number of rotatable bonds is 2. The summed E-state index contributed by atoms with van der Waals surface area (Å²) in [5, 5.41) is 8.92. The largest absolute Gasteiger partial charge is 0.289 e. The summed E-state index contributed by atoms with van der Waals surface area (Å²) in [7, 11) is 0. The van der Waals surface area contributed by atoms with Crippen molar-refractivity contribution in [3.8, 4) is 11.4 Å². The van der Waals surface area contributed by atoms with E-state index in [-0.39, 0.29) is 5.82 Å². The van der Waals surface area contributed by atoms with Gasteiger partial charge in [-0.1, -0.05) is 11.6 Å². The highest BCUT2D eigenvalue weighted by Crippen LogP contribution is 2.25. The molecule has 2 aromatic carbocycles. The minimum Gasteiger partial charge on any atom is -0.289 e. The summed E-state index contributed by atoms with van der Waals surface area (Å²) in [6.45, 7) is 0. The molecule has 0 amide bonds. The lowest BCUT2D eigenvalue weighted by atomic mass is 10.1. The third kappa shape index (κ3) is 2.68. The molecule has 0 bridgehead atoms. The van der Waals surface area contributed by atoms with Crippen LogP contribution in [0.25, 0.3) is 17.1 Å². The quantitative estimate of drug-likeness (QED) is 0.766. The summed E-state index contributed by atoms with van der Waals surface area (Å²) in [6.07, 6.45) is 3.43. The van der Waals surface area contributed by atoms with Gasteiger partial charge in [0.2, 0.25) is 0 Å². The van der Waals surface area contributed by atoms with Gasteiger partial charge in [0.1, 0.15) is 5.82 Å². The maximum atomic E-state index is 13.1. The van der Waals surface area contributed by atoms with Crippen molar-refractivity contribution in [1.82, 2.24) is 14.9 Å². The zero-order valence-electron chi connectivity index (χ0n) is 12.3. The minimum absolute atomic E-state index is 0.284. The second-order valence-electron chi connectivity index (χ2n) is 5.14. The lowest BCUT2D eigenvalue weighted by Gasteiger charge is -2.13. The summed E-state index contributed by atoms with van der Waals surface area (Å²) in [6, 6.07) is 13.5. The Morgan fingerprint density at radius 3 is 2.38 bits per heavy atom. The molecule has 4 rings (SSSR count). The van der Waals surface area contributed by atoms with Crippen LogP contribution in [0, 0.1) is 5.82 Å². The molecule has 0 saturated heterocycles. The number of aromatic nitrogens is 3. The normalized spacial score (nSPS) is 13.0. The predicted octanol–water partition coefficient (Wildman–Crippen LogP) is 4.04. The molecule has 0 spiro atoms. The topological polar surface area (TPSA) is 55.1 Å². The number of nitrogens with zero attached hydrogens (tertiary/aromatic N) is 4. The van der Waals surface area contributed by atoms with Gasteiger partial charge in [-0.05, 0) is 60.2 Å². The van der Waals surface area contributed by atoms with Crippen LogP contribution in [-0.2, 0) is 0 Å². The van der Waals surface area contributed by atoms with E-state index in [1.165, 1.54) is 12.1 Å². The Bertz CT molecular complexity index is 942. The predicted molar refractivity (Wildman–Crippen MR) is 92.4 cm³/mol. The molecule has 0 radical (unpaired) electrons. The number of halogens is 2. The van der Waals surface area contributed by atoms with E-state index in [1.54, 1.807) is 41.2 Å². The van der Waals surface area contributed by atoms with Gasteiger partial charge < -0.3 is 0 Å². The van der Waals surface area contributed by atoms with Crippen molar-refractivity contribution in [2.75, 3.05) is 5.43 Å². The standard InChI is InChI=1S/C17H11ClFN5/c18-13-5-1-12(2-6-13)16-21-22-17-20-10-9-15(23-24(16)17)11-3-7-14(19)8-4-11/h1-10,23H. The van der Waals surface area contributed by atoms with Crippen LogP contribution in [-0.4, -0.2) is 21.1 Å². The lowest BCUT2D eigenvalue weighted by molar-refractivity contribution is 0.627. The van der Waals surface area contributed by atoms with Crippen molar-refractivity contribution < 1.29 is 4.39 Å². The minimum atomic E-state index is -0.284. The lowest BCUT2D eigenvalue weighted by Crippen LogP contribution is -2.14. The van der Waals surface area contributed by atoms with Crippen LogP contribution in [0.1, 0.15) is 5.56 Å². The molecule has 1 N–H and O–H groups in total. The molecule has 0 atom stereocenters. The van der Waals surface area contributed by atoms with E-state index in [2.05, 4.69) is 20.6 Å². The van der Waals surface area contributed by atoms with Gasteiger partial charge in [0, 0.05) is 16.8 Å². The van der Waals surface area contributed by atoms with E-state index >= 15 is 0 Å². The molecule has 0 fully saturated rings. The first-order chi connectivity index (χ1) is 11.7. The highest BCUT2D eigenvalue weighted by atomic mass is 35.5. The summed E-state index contributed by atoms with van der Waals surface area (Å²) in [5.74, 6) is 0.746. The Morgan fingerprint density at radius 1 is 0.917 bits per heavy atom. The summed E-state index contributed by atoms with van der Waals surface area (Å²) >= 11 is 5.94. The first kappa shape index (κ1) is 14.6. The number of benzene rings is 2. The van der Waals surface area contributed by atoms with E-state index < -0.39 is 0 Å². The molecule has 5 nitrogen and oxygen atoms in total. The van der Waals surface area contributed by atoms with Gasteiger partial charge in [-0.3, -0.25) is 5.43 Å². The molecular weight excluding hydrogens is 329 g/mol. The van der Waals surface area contributed by atoms with Crippen LogP contribution in [0.4, 0.5) is 10.3 Å². The Balaban J connectivity index is 1.75. The van der Waals surface area contributed by atoms with Crippen LogP contribution in [0.5, 0.6) is 0 Å². The molecule has 0 saturated carbocycles. The van der Waals surface area contributed by atoms with Gasteiger partial charge >= 0.3 is 0 Å². The fraction of sp³-hybridized carbons (Fsp3) is 0. The fourth-order valence-corrected chi connectivity index (χ4v) is 2.50. The molecule has 118 valence electrons. The molecule has 3 aromatic rings. The van der Waals surface area contributed by atoms with E-state index in [0.717, 1.165) is 16.8 Å². The maximum absolute atomic E-state index is 13.1. The van der Waals surface area contributed by atoms with Crippen molar-refractivity contribution in [1.29, 1.82) is 0 Å². The molecule has 0 aliphatic carbocycles. The summed E-state index contributed by atoms with van der Waals surface area (Å²) < 4.78 is 14.8. The van der Waals surface area contributed by atoms with E-state index in [9.17, 15) is 4.39 Å². The average Bonchev–Trinajstić information content (AvgIpc) is 2.86. The van der Waals surface area contributed by atoms with Crippen LogP contribution < -0.4 is 5.43 Å². The molecule has 1 aliphatic rings. The molecule has 24 heavy (non-hydrogen) atoms. The van der Waals surface area contributed by atoms with E-state index in [1.807, 2.05) is 12.1 Å². The third-order valence-corrected chi connectivity index (χ3v) is 3.82. The van der Waals surface area contributed by atoms with Crippen molar-refractivity contribution in [2.24, 2.45) is 4.99 Å². The second kappa shape index (κ2) is 5.90. The SMILES string of the molecule is Fc1ccc(C2=CC=Nc3nnc(-c4ccc(Cl)cc4)n3N2)cc1. The van der Waals surface area contributed by atoms with Crippen LogP contribution in [0.2, 0.25) is 5.02 Å². The third-order valence-electron chi connectivity index (χ3n) is 3.57. The summed E-state index contributed by atoms with van der Waals surface area (Å²) in [5.41, 5.74) is 5.66. The number of nitrogens with one attached hydrogen (secondary N) is 1. The second-order valence-corrected chi connectivity index (χ2v) is 5.58. The number of aliphatic imine (C=N–C) groups is 1. The van der Waals surface area contributed by atoms with Gasteiger partial charge in [-0.25, -0.2) is 9.38 Å². The van der Waals surface area contributed by atoms with Gasteiger partial charge in [-0.15, -0.1) is 10.2 Å². The van der Waals surface area contributed by atoms with Crippen LogP contribution in [0.15, 0.2) is 59.6 Å².